The fourth-order valence-corrected chi connectivity index (χ4v) is 5.73. The molecule has 2 unspecified atom stereocenters. The minimum atomic E-state index is -2.94. The molecule has 1 aromatic carbocycles. The Hall–Kier alpha value is -3.61. The number of aliphatic hydroxyl groups is 4. The normalized spacial score (nSPS) is 30.3. The predicted octanol–water partition coefficient (Wildman–Crippen LogP) is -1.26. The number of rotatable bonds is 3. The number of anilines is 2. The molecule has 4 rings (SSSR count). The summed E-state index contributed by atoms with van der Waals surface area (Å²) in [6.07, 6.45) is -1.69. The molecule has 35 heavy (non-hydrogen) atoms. The maximum Gasteiger partial charge on any atom is 0.255 e. The topological polar surface area (TPSA) is 211 Å². The molecule has 12 heteroatoms. The number of amides is 1. The molecule has 0 aliphatic heterocycles. The zero-order chi connectivity index (χ0) is 26.3. The van der Waals surface area contributed by atoms with E-state index in [-0.39, 0.29) is 17.7 Å². The van der Waals surface area contributed by atoms with Crippen LogP contribution in [0.25, 0.3) is 0 Å². The fraction of sp³-hybridized carbons (Fsp3) is 0.435. The number of ketones is 2. The number of carbonyl (C=O) groups excluding carboxylic acids is 3. The number of Topliss-reactive ketones (excluding diaryl/α,β-unsaturated/α-hetero) is 2. The van der Waals surface area contributed by atoms with Crippen LogP contribution >= 0.6 is 0 Å². The van der Waals surface area contributed by atoms with Crippen molar-refractivity contribution in [2.45, 2.75) is 24.2 Å². The maximum absolute atomic E-state index is 13.6. The molecule has 188 valence electrons. The molecule has 5 atom stereocenters. The SMILES string of the molecule is CN(C)c1cc(N)c(O)c2c1CC1C(=C(O)[C@]3(O)C(=O)C(C(N)=O)=C(O)[C@@H](N(C)C)C3[C@H]1O)C2=O. The summed E-state index contributed by atoms with van der Waals surface area (Å²) < 4.78 is 0. The molecule has 3 aliphatic carbocycles. The molecule has 12 nitrogen and oxygen atoms in total. The Labute approximate surface area is 200 Å². The molecule has 3 aliphatic rings. The van der Waals surface area contributed by atoms with E-state index in [0.717, 1.165) is 0 Å². The van der Waals surface area contributed by atoms with Gasteiger partial charge in [-0.3, -0.25) is 19.3 Å². The van der Waals surface area contributed by atoms with E-state index < -0.39 is 75.5 Å². The lowest BCUT2D eigenvalue weighted by molar-refractivity contribution is -0.161. The molecule has 0 saturated carbocycles. The van der Waals surface area contributed by atoms with Gasteiger partial charge in [0.05, 0.1) is 29.3 Å². The first-order valence-electron chi connectivity index (χ1n) is 10.8. The van der Waals surface area contributed by atoms with Gasteiger partial charge < -0.3 is 41.9 Å². The number of primary amides is 1. The number of hydrogen-bond donors (Lipinski definition) is 7. The van der Waals surface area contributed by atoms with Crippen molar-refractivity contribution in [3.63, 3.8) is 0 Å². The summed E-state index contributed by atoms with van der Waals surface area (Å²) in [6, 6.07) is 0.172. The second-order valence-corrected chi connectivity index (χ2v) is 9.63. The van der Waals surface area contributed by atoms with Gasteiger partial charge in [0.1, 0.15) is 22.8 Å². The monoisotopic (exact) mass is 488 g/mol. The second-order valence-electron chi connectivity index (χ2n) is 9.63. The van der Waals surface area contributed by atoms with Crippen LogP contribution in [0.5, 0.6) is 5.75 Å². The standard InChI is InChI=1S/C23H28N4O8/c1-26(2)10-6-9(24)17(29)11-7(10)5-8-12(18(11)30)20(32)23(35)14(16(8)28)15(27(3)4)19(31)13(21(23)33)22(25)34/h6,8,14-16,28-29,31-32,35H,5,24H2,1-4H3,(H2,25,34)/t8?,14?,15-,16-,23-/m0/s1. The summed E-state index contributed by atoms with van der Waals surface area (Å²) in [5.41, 5.74) is 7.36. The van der Waals surface area contributed by atoms with Gasteiger partial charge in [-0.2, -0.15) is 0 Å². The summed E-state index contributed by atoms with van der Waals surface area (Å²) in [5, 5.41) is 55.7. The quantitative estimate of drug-likeness (QED) is 0.152. The average molecular weight is 488 g/mol. The number of nitrogen functional groups attached to an aromatic ring is 1. The van der Waals surface area contributed by atoms with Crippen LogP contribution in [-0.2, 0) is 16.0 Å². The zero-order valence-electron chi connectivity index (χ0n) is 19.6. The van der Waals surface area contributed by atoms with Crippen LogP contribution in [-0.4, -0.2) is 93.8 Å². The lowest BCUT2D eigenvalue weighted by Gasteiger charge is -2.52. The van der Waals surface area contributed by atoms with E-state index in [1.165, 1.54) is 25.1 Å². The van der Waals surface area contributed by atoms with Crippen molar-refractivity contribution in [3.8, 4) is 5.75 Å². The Morgan fingerprint density at radius 3 is 2.26 bits per heavy atom. The number of likely N-dealkylation sites (N-methyl/N-ethyl adjacent to an activating group) is 1. The van der Waals surface area contributed by atoms with E-state index in [1.807, 2.05) is 0 Å². The third-order valence-corrected chi connectivity index (χ3v) is 7.29. The van der Waals surface area contributed by atoms with Gasteiger partial charge in [-0.05, 0) is 32.1 Å². The van der Waals surface area contributed by atoms with Crippen molar-refractivity contribution in [2.75, 3.05) is 38.8 Å². The minimum absolute atomic E-state index is 0.0585. The van der Waals surface area contributed by atoms with Crippen LogP contribution in [0, 0.1) is 11.8 Å². The Bertz CT molecular complexity index is 1250. The van der Waals surface area contributed by atoms with Gasteiger partial charge in [0.2, 0.25) is 5.78 Å². The summed E-state index contributed by atoms with van der Waals surface area (Å²) in [4.78, 5) is 41.9. The van der Waals surface area contributed by atoms with Crippen LogP contribution in [0.1, 0.15) is 15.9 Å². The minimum Gasteiger partial charge on any atom is -0.510 e. The highest BCUT2D eigenvalue weighted by Crippen LogP contribution is 2.53. The number of nitrogens with zero attached hydrogens (tertiary/aromatic N) is 2. The smallest absolute Gasteiger partial charge is 0.255 e. The molecule has 1 aromatic rings. The zero-order valence-corrected chi connectivity index (χ0v) is 19.6. The van der Waals surface area contributed by atoms with Gasteiger partial charge in [0.25, 0.3) is 5.91 Å². The number of fused-ring (bicyclic) bond motifs is 3. The Morgan fingerprint density at radius 1 is 1.14 bits per heavy atom. The molecule has 1 amide bonds. The first-order valence-corrected chi connectivity index (χ1v) is 10.8. The number of hydrogen-bond acceptors (Lipinski definition) is 11. The van der Waals surface area contributed by atoms with Gasteiger partial charge in [-0.15, -0.1) is 0 Å². The molecular formula is C23H28N4O8. The van der Waals surface area contributed by atoms with E-state index in [0.29, 0.717) is 11.3 Å². The molecule has 0 bridgehead atoms. The Kier molecular flexibility index (Phi) is 5.39. The van der Waals surface area contributed by atoms with Crippen LogP contribution in [0.15, 0.2) is 28.7 Å². The first kappa shape index (κ1) is 24.5. The summed E-state index contributed by atoms with van der Waals surface area (Å²) in [6.45, 7) is 0. The average Bonchev–Trinajstić information content (AvgIpc) is 2.75. The highest BCUT2D eigenvalue weighted by atomic mass is 16.4. The first-order chi connectivity index (χ1) is 16.2. The van der Waals surface area contributed by atoms with Crippen molar-refractivity contribution in [1.82, 2.24) is 4.90 Å². The lowest BCUT2D eigenvalue weighted by atomic mass is 9.57. The van der Waals surface area contributed by atoms with E-state index in [4.69, 9.17) is 11.5 Å². The Morgan fingerprint density at radius 2 is 1.74 bits per heavy atom. The molecule has 0 aromatic heterocycles. The second kappa shape index (κ2) is 7.70. The highest BCUT2D eigenvalue weighted by molar-refractivity contribution is 6.25. The molecule has 0 saturated heterocycles. The van der Waals surface area contributed by atoms with E-state index in [1.54, 1.807) is 19.0 Å². The van der Waals surface area contributed by atoms with Crippen molar-refractivity contribution in [1.29, 1.82) is 0 Å². The predicted molar refractivity (Wildman–Crippen MR) is 124 cm³/mol. The largest absolute Gasteiger partial charge is 0.510 e. The fourth-order valence-electron chi connectivity index (χ4n) is 5.73. The molecule has 0 spiro atoms. The lowest BCUT2D eigenvalue weighted by Crippen LogP contribution is -2.68. The van der Waals surface area contributed by atoms with E-state index >= 15 is 0 Å². The van der Waals surface area contributed by atoms with Gasteiger partial charge >= 0.3 is 0 Å². The maximum atomic E-state index is 13.6. The van der Waals surface area contributed by atoms with Gasteiger partial charge in [0, 0.05) is 31.3 Å². The number of aliphatic hydroxyl groups excluding tert-OH is 3. The van der Waals surface area contributed by atoms with Crippen LogP contribution < -0.4 is 16.4 Å². The molecule has 9 N–H and O–H groups in total. The van der Waals surface area contributed by atoms with Gasteiger partial charge in [0.15, 0.2) is 11.4 Å². The number of nitrogens with two attached hydrogens (primary N) is 2. The van der Waals surface area contributed by atoms with Gasteiger partial charge in [-0.25, -0.2) is 0 Å². The number of benzene rings is 1. The highest BCUT2D eigenvalue weighted by Gasteiger charge is 2.66. The van der Waals surface area contributed by atoms with Crippen LogP contribution in [0.4, 0.5) is 11.4 Å². The molecular weight excluding hydrogens is 460 g/mol. The third-order valence-electron chi connectivity index (χ3n) is 7.29. The number of phenols is 1. The summed E-state index contributed by atoms with van der Waals surface area (Å²) in [5.74, 6) is -8.72. The number of carbonyl (C=O) groups is 3. The molecule has 0 fully saturated rings. The summed E-state index contributed by atoms with van der Waals surface area (Å²) in [7, 11) is 6.35. The van der Waals surface area contributed by atoms with Crippen LogP contribution in [0.3, 0.4) is 0 Å². The molecule has 0 heterocycles. The van der Waals surface area contributed by atoms with Gasteiger partial charge in [-0.1, -0.05) is 0 Å². The summed E-state index contributed by atoms with van der Waals surface area (Å²) >= 11 is 0. The molecule has 0 radical (unpaired) electrons. The van der Waals surface area contributed by atoms with E-state index in [9.17, 15) is 39.9 Å². The van der Waals surface area contributed by atoms with Crippen molar-refractivity contribution in [3.05, 3.63) is 39.9 Å². The van der Waals surface area contributed by atoms with Crippen molar-refractivity contribution < 1.29 is 39.9 Å². The third kappa shape index (κ3) is 3.00. The van der Waals surface area contributed by atoms with Crippen molar-refractivity contribution >= 4 is 28.8 Å². The Balaban J connectivity index is 2.05. The van der Waals surface area contributed by atoms with E-state index in [2.05, 4.69) is 0 Å². The van der Waals surface area contributed by atoms with Crippen LogP contribution in [0.2, 0.25) is 0 Å². The van der Waals surface area contributed by atoms with Crippen molar-refractivity contribution in [2.24, 2.45) is 17.6 Å². The number of aromatic hydroxyl groups is 1. The number of phenolic OH excluding ortho intramolecular Hbond substituents is 1.